The van der Waals surface area contributed by atoms with Crippen LogP contribution in [0, 0.1) is 0 Å². The highest BCUT2D eigenvalue weighted by Crippen LogP contribution is 2.32. The van der Waals surface area contributed by atoms with E-state index in [1.807, 2.05) is 18.2 Å². The summed E-state index contributed by atoms with van der Waals surface area (Å²) < 4.78 is 8.01. The number of pyridine rings is 1. The number of amides is 1. The molecule has 8 heteroatoms. The fourth-order valence-electron chi connectivity index (χ4n) is 2.38. The number of ether oxygens (including phenoxy) is 1. The lowest BCUT2D eigenvalue weighted by Crippen LogP contribution is -2.12. The number of rotatable bonds is 4. The molecule has 1 N–H and O–H groups in total. The van der Waals surface area contributed by atoms with Crippen molar-refractivity contribution in [2.24, 2.45) is 0 Å². The van der Waals surface area contributed by atoms with E-state index in [1.165, 1.54) is 17.5 Å². The Hall–Kier alpha value is -3.26. The van der Waals surface area contributed by atoms with Gasteiger partial charge in [-0.15, -0.1) is 0 Å². The molecule has 25 heavy (non-hydrogen) atoms. The molecule has 0 fully saturated rings. The van der Waals surface area contributed by atoms with Crippen LogP contribution in [0.15, 0.2) is 55.2 Å². The molecule has 4 aromatic rings. The molecule has 7 nitrogen and oxygen atoms in total. The number of anilines is 1. The predicted molar refractivity (Wildman–Crippen MR) is 95.5 cm³/mol. The van der Waals surface area contributed by atoms with E-state index < -0.39 is 0 Å². The van der Waals surface area contributed by atoms with Crippen LogP contribution in [-0.2, 0) is 0 Å². The molecule has 1 aromatic carbocycles. The number of fused-ring (bicyclic) bond motifs is 1. The number of methoxy groups -OCH3 is 1. The number of carbonyl (C=O) groups excluding carboxylic acids is 1. The molecule has 1 amide bonds. The summed E-state index contributed by atoms with van der Waals surface area (Å²) in [7, 11) is 1.60. The lowest BCUT2D eigenvalue weighted by molar-refractivity contribution is 0.102. The molecule has 0 atom stereocenters. The van der Waals surface area contributed by atoms with Gasteiger partial charge in [0, 0.05) is 18.6 Å². The summed E-state index contributed by atoms with van der Waals surface area (Å²) in [6.45, 7) is 0. The highest BCUT2D eigenvalue weighted by Gasteiger charge is 2.12. The number of carbonyl (C=O) groups is 1. The summed E-state index contributed by atoms with van der Waals surface area (Å²) in [6, 6.07) is 9.15. The highest BCUT2D eigenvalue weighted by molar-refractivity contribution is 7.22. The molecule has 3 heterocycles. The molecule has 0 aliphatic heterocycles. The summed E-state index contributed by atoms with van der Waals surface area (Å²) in [6.07, 6.45) is 6.63. The average Bonchev–Trinajstić information content (AvgIpc) is 3.30. The Morgan fingerprint density at radius 3 is 2.92 bits per heavy atom. The van der Waals surface area contributed by atoms with Gasteiger partial charge in [0.25, 0.3) is 5.91 Å². The zero-order valence-corrected chi connectivity index (χ0v) is 14.0. The summed E-state index contributed by atoms with van der Waals surface area (Å²) in [5.74, 6) is 1.11. The third-order valence-electron chi connectivity index (χ3n) is 3.60. The van der Waals surface area contributed by atoms with Crippen LogP contribution in [0.3, 0.4) is 0 Å². The van der Waals surface area contributed by atoms with E-state index in [2.05, 4.69) is 20.3 Å². The summed E-state index contributed by atoms with van der Waals surface area (Å²) >= 11 is 1.40. The fraction of sp³-hybridized carbons (Fsp3) is 0.0588. The van der Waals surface area contributed by atoms with Crippen molar-refractivity contribution in [3.8, 4) is 11.6 Å². The first-order valence-electron chi connectivity index (χ1n) is 7.44. The van der Waals surface area contributed by atoms with Crippen LogP contribution in [0.5, 0.6) is 5.75 Å². The molecule has 0 radical (unpaired) electrons. The molecule has 0 saturated heterocycles. The lowest BCUT2D eigenvalue weighted by Gasteiger charge is -2.03. The topological polar surface area (TPSA) is 81.9 Å². The van der Waals surface area contributed by atoms with Gasteiger partial charge in [0.15, 0.2) is 5.13 Å². The van der Waals surface area contributed by atoms with Crippen LogP contribution < -0.4 is 10.1 Å². The van der Waals surface area contributed by atoms with Gasteiger partial charge in [-0.1, -0.05) is 17.4 Å². The van der Waals surface area contributed by atoms with E-state index in [4.69, 9.17) is 4.74 Å². The van der Waals surface area contributed by atoms with Gasteiger partial charge < -0.3 is 4.74 Å². The quantitative estimate of drug-likeness (QED) is 0.611. The first kappa shape index (κ1) is 15.3. The molecule has 3 aromatic heterocycles. The predicted octanol–water partition coefficient (Wildman–Crippen LogP) is 3.14. The van der Waals surface area contributed by atoms with Gasteiger partial charge >= 0.3 is 0 Å². The van der Waals surface area contributed by atoms with Crippen molar-refractivity contribution in [1.29, 1.82) is 0 Å². The molecule has 0 unspecified atom stereocenters. The van der Waals surface area contributed by atoms with Crippen LogP contribution in [0.2, 0.25) is 0 Å². The van der Waals surface area contributed by atoms with Crippen molar-refractivity contribution in [3.05, 3.63) is 60.8 Å². The zero-order chi connectivity index (χ0) is 17.2. The van der Waals surface area contributed by atoms with E-state index in [0.717, 1.165) is 10.2 Å². The highest BCUT2D eigenvalue weighted by atomic mass is 32.1. The second-order valence-corrected chi connectivity index (χ2v) is 6.19. The first-order chi connectivity index (χ1) is 12.2. The van der Waals surface area contributed by atoms with E-state index in [9.17, 15) is 4.79 Å². The second kappa shape index (κ2) is 6.33. The number of nitrogens with one attached hydrogen (secondary N) is 1. The summed E-state index contributed by atoms with van der Waals surface area (Å²) in [5, 5.41) is 3.32. The maximum Gasteiger partial charge on any atom is 0.259 e. The van der Waals surface area contributed by atoms with Crippen molar-refractivity contribution in [2.45, 2.75) is 0 Å². The normalized spacial score (nSPS) is 10.8. The van der Waals surface area contributed by atoms with E-state index in [1.54, 1.807) is 42.5 Å². The molecular weight excluding hydrogens is 338 g/mol. The van der Waals surface area contributed by atoms with Gasteiger partial charge in [-0.2, -0.15) is 0 Å². The standard InChI is InChI=1S/C17H13N5O2S/c1-24-12-3-2-4-13-15(12)20-17(25-13)21-16(23)11-5-6-14(19-9-11)22-8-7-18-10-22/h2-10H,1H3,(H,20,21,23). The van der Waals surface area contributed by atoms with Gasteiger partial charge in [0.1, 0.15) is 23.4 Å². The minimum absolute atomic E-state index is 0.261. The third-order valence-corrected chi connectivity index (χ3v) is 4.54. The van der Waals surface area contributed by atoms with Gasteiger partial charge in [0.05, 0.1) is 17.4 Å². The number of thiazole rings is 1. The summed E-state index contributed by atoms with van der Waals surface area (Å²) in [5.41, 5.74) is 1.19. The molecule has 4 rings (SSSR count). The van der Waals surface area contributed by atoms with Crippen molar-refractivity contribution < 1.29 is 9.53 Å². The number of benzene rings is 1. The van der Waals surface area contributed by atoms with Crippen LogP contribution >= 0.6 is 11.3 Å². The van der Waals surface area contributed by atoms with Gasteiger partial charge in [-0.3, -0.25) is 14.7 Å². The number of hydrogen-bond donors (Lipinski definition) is 1. The van der Waals surface area contributed by atoms with Crippen LogP contribution in [0.4, 0.5) is 5.13 Å². The van der Waals surface area contributed by atoms with E-state index >= 15 is 0 Å². The van der Waals surface area contributed by atoms with Crippen LogP contribution in [-0.4, -0.2) is 32.5 Å². The Morgan fingerprint density at radius 1 is 1.28 bits per heavy atom. The van der Waals surface area contributed by atoms with Gasteiger partial charge in [-0.25, -0.2) is 15.0 Å². The fourth-order valence-corrected chi connectivity index (χ4v) is 3.26. The molecule has 0 saturated carbocycles. The second-order valence-electron chi connectivity index (χ2n) is 5.16. The molecule has 0 bridgehead atoms. The zero-order valence-electron chi connectivity index (χ0n) is 13.2. The average molecular weight is 351 g/mol. The molecule has 0 aliphatic rings. The van der Waals surface area contributed by atoms with E-state index in [-0.39, 0.29) is 5.91 Å². The maximum absolute atomic E-state index is 12.4. The number of para-hydroxylation sites is 1. The Balaban J connectivity index is 1.55. The Labute approximate surface area is 147 Å². The molecule has 124 valence electrons. The number of imidazole rings is 1. The maximum atomic E-state index is 12.4. The molecule has 0 spiro atoms. The number of hydrogen-bond acceptors (Lipinski definition) is 6. The largest absolute Gasteiger partial charge is 0.494 e. The molecular formula is C17H13N5O2S. The van der Waals surface area contributed by atoms with Gasteiger partial charge in [-0.05, 0) is 24.3 Å². The number of aromatic nitrogens is 4. The smallest absolute Gasteiger partial charge is 0.259 e. The monoisotopic (exact) mass is 351 g/mol. The first-order valence-corrected chi connectivity index (χ1v) is 8.25. The van der Waals surface area contributed by atoms with Crippen molar-refractivity contribution in [3.63, 3.8) is 0 Å². The van der Waals surface area contributed by atoms with Crippen molar-refractivity contribution >= 4 is 32.6 Å². The van der Waals surface area contributed by atoms with Crippen LogP contribution in [0.25, 0.3) is 16.0 Å². The van der Waals surface area contributed by atoms with Crippen LogP contribution in [0.1, 0.15) is 10.4 Å². The Kier molecular flexibility index (Phi) is 3.87. The lowest BCUT2D eigenvalue weighted by atomic mass is 10.2. The SMILES string of the molecule is COc1cccc2sc(NC(=O)c3ccc(-n4ccnc4)nc3)nc12. The van der Waals surface area contributed by atoms with Crippen molar-refractivity contribution in [1.82, 2.24) is 19.5 Å². The minimum atomic E-state index is -0.261. The summed E-state index contributed by atoms with van der Waals surface area (Å²) in [4.78, 5) is 25.1. The number of nitrogens with zero attached hydrogens (tertiary/aromatic N) is 4. The van der Waals surface area contributed by atoms with E-state index in [0.29, 0.717) is 22.3 Å². The third kappa shape index (κ3) is 2.94. The Bertz CT molecular complexity index is 1030. The van der Waals surface area contributed by atoms with Gasteiger partial charge in [0.2, 0.25) is 0 Å². The Morgan fingerprint density at radius 2 is 2.20 bits per heavy atom. The minimum Gasteiger partial charge on any atom is -0.494 e. The van der Waals surface area contributed by atoms with Crippen molar-refractivity contribution in [2.75, 3.05) is 12.4 Å². The molecule has 0 aliphatic carbocycles.